The van der Waals surface area contributed by atoms with Crippen LogP contribution in [0.15, 0.2) is 51.9 Å². The minimum Gasteiger partial charge on any atom is -0.508 e. The van der Waals surface area contributed by atoms with Gasteiger partial charge in [-0.25, -0.2) is 4.79 Å². The van der Waals surface area contributed by atoms with Crippen LogP contribution in [0.5, 0.6) is 5.75 Å². The van der Waals surface area contributed by atoms with E-state index in [0.717, 1.165) is 10.9 Å². The zero-order chi connectivity index (χ0) is 17.8. The summed E-state index contributed by atoms with van der Waals surface area (Å²) in [6.45, 7) is 3.08. The number of carbonyl (C=O) groups excluding carboxylic acids is 1. The third-order valence-corrected chi connectivity index (χ3v) is 4.23. The summed E-state index contributed by atoms with van der Waals surface area (Å²) in [4.78, 5) is 24.2. The van der Waals surface area contributed by atoms with Crippen molar-refractivity contribution in [3.05, 3.63) is 64.3 Å². The second-order valence-corrected chi connectivity index (χ2v) is 5.94. The van der Waals surface area contributed by atoms with E-state index in [9.17, 15) is 14.7 Å². The molecule has 0 bridgehead atoms. The van der Waals surface area contributed by atoms with Gasteiger partial charge in [0.25, 0.3) is 0 Å². The molecular formula is C19H20N2O4. The molecule has 3 rings (SSSR count). The van der Waals surface area contributed by atoms with Crippen molar-refractivity contribution in [3.63, 3.8) is 0 Å². The molecule has 0 saturated carbocycles. The maximum Gasteiger partial charge on any atom is 0.339 e. The summed E-state index contributed by atoms with van der Waals surface area (Å²) in [5.74, 6) is -0.0540. The number of phenols is 1. The second kappa shape index (κ2) is 7.25. The van der Waals surface area contributed by atoms with E-state index in [2.05, 4.69) is 5.32 Å². The molecule has 0 aliphatic rings. The fourth-order valence-corrected chi connectivity index (χ4v) is 2.84. The number of amides is 1. The molecule has 1 aromatic carbocycles. The second-order valence-electron chi connectivity index (χ2n) is 5.94. The van der Waals surface area contributed by atoms with E-state index < -0.39 is 5.63 Å². The number of aromatic hydroxyl groups is 1. The Balaban J connectivity index is 1.63. The van der Waals surface area contributed by atoms with Gasteiger partial charge < -0.3 is 19.4 Å². The number of aromatic nitrogens is 1. The molecule has 6 nitrogen and oxygen atoms in total. The molecule has 3 aromatic rings. The van der Waals surface area contributed by atoms with Crippen molar-refractivity contribution >= 4 is 16.9 Å². The van der Waals surface area contributed by atoms with Crippen LogP contribution in [-0.2, 0) is 17.8 Å². The number of rotatable bonds is 6. The first-order valence-electron chi connectivity index (χ1n) is 8.17. The van der Waals surface area contributed by atoms with Gasteiger partial charge in [-0.05, 0) is 43.2 Å². The SMILES string of the molecule is Cc1c(CCC(=O)NCCn2cccc2)c(=O)oc2cc(O)ccc12. The van der Waals surface area contributed by atoms with Crippen LogP contribution >= 0.6 is 0 Å². The van der Waals surface area contributed by atoms with Crippen molar-refractivity contribution in [2.75, 3.05) is 6.54 Å². The van der Waals surface area contributed by atoms with E-state index in [1.807, 2.05) is 36.0 Å². The standard InChI is InChI=1S/C19H20N2O4/c1-13-15-5-4-14(22)12-17(15)25-19(24)16(13)6-7-18(23)20-8-11-21-9-2-3-10-21/h2-5,9-10,12,22H,6-8,11H2,1H3,(H,20,23). The summed E-state index contributed by atoms with van der Waals surface area (Å²) in [6.07, 6.45) is 4.42. The molecule has 1 amide bonds. The Hall–Kier alpha value is -3.02. The average Bonchev–Trinajstić information content (AvgIpc) is 3.07. The molecule has 0 unspecified atom stereocenters. The Bertz CT molecular complexity index is 942. The van der Waals surface area contributed by atoms with E-state index in [0.29, 0.717) is 30.7 Å². The van der Waals surface area contributed by atoms with Gasteiger partial charge in [0, 0.05) is 48.9 Å². The van der Waals surface area contributed by atoms with Gasteiger partial charge in [-0.2, -0.15) is 0 Å². The number of nitrogens with zero attached hydrogens (tertiary/aromatic N) is 1. The first-order valence-corrected chi connectivity index (χ1v) is 8.17. The predicted molar refractivity (Wildman–Crippen MR) is 94.6 cm³/mol. The number of hydrogen-bond donors (Lipinski definition) is 2. The van der Waals surface area contributed by atoms with Gasteiger partial charge in [-0.1, -0.05) is 0 Å². The predicted octanol–water partition coefficient (Wildman–Crippen LogP) is 2.36. The molecule has 25 heavy (non-hydrogen) atoms. The first-order chi connectivity index (χ1) is 12.0. The Morgan fingerprint density at radius 2 is 2.04 bits per heavy atom. The Morgan fingerprint density at radius 1 is 1.28 bits per heavy atom. The van der Waals surface area contributed by atoms with Gasteiger partial charge in [0.1, 0.15) is 11.3 Å². The van der Waals surface area contributed by atoms with Crippen LogP contribution in [-0.4, -0.2) is 22.1 Å². The van der Waals surface area contributed by atoms with Gasteiger partial charge in [0.15, 0.2) is 0 Å². The van der Waals surface area contributed by atoms with E-state index in [-0.39, 0.29) is 18.1 Å². The smallest absolute Gasteiger partial charge is 0.339 e. The van der Waals surface area contributed by atoms with Crippen LogP contribution in [0.3, 0.4) is 0 Å². The van der Waals surface area contributed by atoms with Crippen LogP contribution in [0.4, 0.5) is 0 Å². The Labute approximate surface area is 144 Å². The zero-order valence-electron chi connectivity index (χ0n) is 14.0. The summed E-state index contributed by atoms with van der Waals surface area (Å²) >= 11 is 0. The van der Waals surface area contributed by atoms with Crippen molar-refractivity contribution < 1.29 is 14.3 Å². The van der Waals surface area contributed by atoms with Crippen LogP contribution in [0, 0.1) is 6.92 Å². The highest BCUT2D eigenvalue weighted by Gasteiger charge is 2.13. The first kappa shape index (κ1) is 16.8. The van der Waals surface area contributed by atoms with Gasteiger partial charge in [0.2, 0.25) is 5.91 Å². The molecule has 0 aliphatic heterocycles. The fourth-order valence-electron chi connectivity index (χ4n) is 2.84. The van der Waals surface area contributed by atoms with Crippen LogP contribution in [0.25, 0.3) is 11.0 Å². The Morgan fingerprint density at radius 3 is 2.80 bits per heavy atom. The molecule has 6 heteroatoms. The topological polar surface area (TPSA) is 84.5 Å². The minimum atomic E-state index is -0.462. The third-order valence-electron chi connectivity index (χ3n) is 4.23. The van der Waals surface area contributed by atoms with E-state index in [1.165, 1.54) is 6.07 Å². The highest BCUT2D eigenvalue weighted by molar-refractivity contribution is 5.82. The largest absolute Gasteiger partial charge is 0.508 e. The lowest BCUT2D eigenvalue weighted by atomic mass is 10.0. The van der Waals surface area contributed by atoms with Crippen molar-refractivity contribution in [2.45, 2.75) is 26.3 Å². The summed E-state index contributed by atoms with van der Waals surface area (Å²) in [6, 6.07) is 8.55. The molecule has 2 aromatic heterocycles. The number of nitrogens with one attached hydrogen (secondary N) is 1. The normalized spacial score (nSPS) is 10.9. The summed E-state index contributed by atoms with van der Waals surface area (Å²) < 4.78 is 7.25. The van der Waals surface area contributed by atoms with E-state index in [1.54, 1.807) is 12.1 Å². The molecule has 0 radical (unpaired) electrons. The number of fused-ring (bicyclic) bond motifs is 1. The monoisotopic (exact) mass is 340 g/mol. The van der Waals surface area contributed by atoms with Crippen molar-refractivity contribution in [1.29, 1.82) is 0 Å². The third kappa shape index (κ3) is 3.91. The lowest BCUT2D eigenvalue weighted by Gasteiger charge is -2.09. The van der Waals surface area contributed by atoms with Gasteiger partial charge in [-0.15, -0.1) is 0 Å². The quantitative estimate of drug-likeness (QED) is 0.675. The average molecular weight is 340 g/mol. The minimum absolute atomic E-state index is 0.0462. The van der Waals surface area contributed by atoms with Crippen LogP contribution in [0.2, 0.25) is 0 Å². The summed E-state index contributed by atoms with van der Waals surface area (Å²) in [5.41, 5.74) is 1.17. The molecule has 0 saturated heterocycles. The van der Waals surface area contributed by atoms with Crippen molar-refractivity contribution in [2.24, 2.45) is 0 Å². The summed E-state index contributed by atoms with van der Waals surface area (Å²) in [7, 11) is 0. The maximum atomic E-state index is 12.2. The molecule has 0 fully saturated rings. The summed E-state index contributed by atoms with van der Waals surface area (Å²) in [5, 5.41) is 13.1. The highest BCUT2D eigenvalue weighted by Crippen LogP contribution is 2.23. The maximum absolute atomic E-state index is 12.2. The lowest BCUT2D eigenvalue weighted by molar-refractivity contribution is -0.121. The number of carbonyl (C=O) groups is 1. The van der Waals surface area contributed by atoms with Gasteiger partial charge in [0.05, 0.1) is 0 Å². The molecule has 0 spiro atoms. The molecule has 2 N–H and O–H groups in total. The number of phenolic OH excluding ortho intramolecular Hbond substituents is 1. The zero-order valence-corrected chi connectivity index (χ0v) is 14.0. The molecule has 0 aliphatic carbocycles. The lowest BCUT2D eigenvalue weighted by Crippen LogP contribution is -2.27. The van der Waals surface area contributed by atoms with Crippen molar-refractivity contribution in [1.82, 2.24) is 9.88 Å². The fraction of sp³-hybridized carbons (Fsp3) is 0.263. The van der Waals surface area contributed by atoms with E-state index >= 15 is 0 Å². The highest BCUT2D eigenvalue weighted by atomic mass is 16.4. The van der Waals surface area contributed by atoms with Gasteiger partial charge >= 0.3 is 5.63 Å². The van der Waals surface area contributed by atoms with Crippen LogP contribution < -0.4 is 10.9 Å². The number of hydrogen-bond acceptors (Lipinski definition) is 4. The molecule has 0 atom stereocenters. The Kier molecular flexibility index (Phi) is 4.88. The van der Waals surface area contributed by atoms with Crippen LogP contribution in [0.1, 0.15) is 17.5 Å². The number of benzene rings is 1. The molecular weight excluding hydrogens is 320 g/mol. The molecule has 130 valence electrons. The number of aryl methyl sites for hydroxylation is 1. The van der Waals surface area contributed by atoms with Crippen molar-refractivity contribution in [3.8, 4) is 5.75 Å². The molecule has 2 heterocycles. The van der Waals surface area contributed by atoms with E-state index in [4.69, 9.17) is 4.42 Å². The van der Waals surface area contributed by atoms with Gasteiger partial charge in [-0.3, -0.25) is 4.79 Å².